The van der Waals surface area contributed by atoms with Crippen molar-refractivity contribution in [1.82, 2.24) is 0 Å². The van der Waals surface area contributed by atoms with Gasteiger partial charge >= 0.3 is 0 Å². The molecule has 0 saturated carbocycles. The first-order valence-corrected chi connectivity index (χ1v) is 7.13. The minimum atomic E-state index is -0.0194. The highest BCUT2D eigenvalue weighted by Gasteiger charge is 2.21. The number of benzene rings is 1. The topological polar surface area (TPSA) is 9.23 Å². The molecule has 0 amide bonds. The van der Waals surface area contributed by atoms with Crippen LogP contribution in [0, 0.1) is 5.41 Å². The van der Waals surface area contributed by atoms with Crippen molar-refractivity contribution < 1.29 is 4.74 Å². The van der Waals surface area contributed by atoms with Gasteiger partial charge in [-0.3, -0.25) is 0 Å². The highest BCUT2D eigenvalue weighted by atomic mass is 79.9. The van der Waals surface area contributed by atoms with E-state index in [9.17, 15) is 0 Å². The van der Waals surface area contributed by atoms with Crippen molar-refractivity contribution in [2.75, 3.05) is 6.61 Å². The summed E-state index contributed by atoms with van der Waals surface area (Å²) in [6, 6.07) is 6.00. The van der Waals surface area contributed by atoms with Crippen molar-refractivity contribution in [3.63, 3.8) is 0 Å². The molecule has 1 aromatic carbocycles. The van der Waals surface area contributed by atoms with Gasteiger partial charge in [0.15, 0.2) is 0 Å². The number of rotatable bonds is 4. The summed E-state index contributed by atoms with van der Waals surface area (Å²) in [7, 11) is 0. The fraction of sp³-hybridized carbons (Fsp3) is 0.571. The van der Waals surface area contributed by atoms with E-state index >= 15 is 0 Å². The van der Waals surface area contributed by atoms with E-state index in [1.165, 1.54) is 0 Å². The monoisotopic (exact) mass is 318 g/mol. The van der Waals surface area contributed by atoms with E-state index in [1.807, 2.05) is 19.1 Å². The lowest BCUT2D eigenvalue weighted by molar-refractivity contribution is 0.329. The largest absolute Gasteiger partial charge is 0.494 e. The second kappa shape index (κ2) is 6.10. The van der Waals surface area contributed by atoms with Gasteiger partial charge in [0.1, 0.15) is 5.75 Å². The molecule has 0 aliphatic carbocycles. The molecule has 1 unspecified atom stereocenters. The maximum absolute atomic E-state index is 6.50. The molecule has 1 atom stereocenters. The van der Waals surface area contributed by atoms with Gasteiger partial charge in [-0.15, -0.1) is 11.6 Å². The smallest absolute Gasteiger partial charge is 0.124 e. The fourth-order valence-corrected chi connectivity index (χ4v) is 2.71. The first-order valence-electron chi connectivity index (χ1n) is 5.90. The Kier molecular flexibility index (Phi) is 5.33. The van der Waals surface area contributed by atoms with Crippen molar-refractivity contribution in [3.8, 4) is 5.75 Å². The van der Waals surface area contributed by atoms with Gasteiger partial charge in [-0.05, 0) is 37.0 Å². The summed E-state index contributed by atoms with van der Waals surface area (Å²) in [6.07, 6.45) is 0.922. The van der Waals surface area contributed by atoms with Crippen LogP contribution >= 0.6 is 27.5 Å². The molecule has 0 aromatic heterocycles. The molecule has 1 aromatic rings. The number of alkyl halides is 1. The first-order chi connectivity index (χ1) is 7.83. The molecule has 0 aliphatic rings. The Morgan fingerprint density at radius 3 is 2.53 bits per heavy atom. The average molecular weight is 320 g/mol. The van der Waals surface area contributed by atoms with Crippen LogP contribution in [-0.4, -0.2) is 6.61 Å². The normalized spacial score (nSPS) is 13.5. The van der Waals surface area contributed by atoms with E-state index in [1.54, 1.807) is 0 Å². The highest BCUT2D eigenvalue weighted by molar-refractivity contribution is 9.10. The number of ether oxygens (including phenoxy) is 1. The predicted molar refractivity (Wildman–Crippen MR) is 78.0 cm³/mol. The van der Waals surface area contributed by atoms with Crippen LogP contribution < -0.4 is 4.74 Å². The molecule has 96 valence electrons. The third kappa shape index (κ3) is 4.89. The standard InChI is InChI=1S/C14H20BrClO/c1-5-17-13-7-6-10(15)8-11(13)12(16)9-14(2,3)4/h6-8,12H,5,9H2,1-4H3. The number of hydrogen-bond acceptors (Lipinski definition) is 1. The van der Waals surface area contributed by atoms with E-state index in [0.717, 1.165) is 22.2 Å². The molecule has 3 heteroatoms. The molecule has 1 nitrogen and oxygen atoms in total. The lowest BCUT2D eigenvalue weighted by Gasteiger charge is -2.23. The molecule has 0 heterocycles. The van der Waals surface area contributed by atoms with Gasteiger partial charge in [-0.25, -0.2) is 0 Å². The van der Waals surface area contributed by atoms with Crippen LogP contribution in [0.25, 0.3) is 0 Å². The van der Waals surface area contributed by atoms with Crippen molar-refractivity contribution in [2.24, 2.45) is 5.41 Å². The van der Waals surface area contributed by atoms with Gasteiger partial charge in [0.05, 0.1) is 12.0 Å². The second-order valence-corrected chi connectivity index (χ2v) is 6.79. The van der Waals surface area contributed by atoms with E-state index in [2.05, 4.69) is 42.8 Å². The zero-order valence-corrected chi connectivity index (χ0v) is 13.2. The molecular weight excluding hydrogens is 300 g/mol. The van der Waals surface area contributed by atoms with E-state index < -0.39 is 0 Å². The third-order valence-electron chi connectivity index (χ3n) is 2.40. The summed E-state index contributed by atoms with van der Waals surface area (Å²) < 4.78 is 6.66. The summed E-state index contributed by atoms with van der Waals surface area (Å²) in [5, 5.41) is -0.0194. The van der Waals surface area contributed by atoms with Crippen LogP contribution in [0.2, 0.25) is 0 Å². The molecule has 1 rings (SSSR count). The van der Waals surface area contributed by atoms with Crippen molar-refractivity contribution in [3.05, 3.63) is 28.2 Å². The lowest BCUT2D eigenvalue weighted by atomic mass is 9.88. The zero-order valence-electron chi connectivity index (χ0n) is 10.9. The van der Waals surface area contributed by atoms with Crippen LogP contribution in [0.15, 0.2) is 22.7 Å². The Morgan fingerprint density at radius 1 is 1.35 bits per heavy atom. The Morgan fingerprint density at radius 2 is 2.00 bits per heavy atom. The Hall–Kier alpha value is -0.210. The quantitative estimate of drug-likeness (QED) is 0.660. The fourth-order valence-electron chi connectivity index (χ4n) is 1.70. The Labute approximate surface area is 118 Å². The highest BCUT2D eigenvalue weighted by Crippen LogP contribution is 2.39. The van der Waals surface area contributed by atoms with E-state index in [4.69, 9.17) is 16.3 Å². The maximum Gasteiger partial charge on any atom is 0.124 e. The van der Waals surface area contributed by atoms with Crippen LogP contribution in [0.5, 0.6) is 5.75 Å². The summed E-state index contributed by atoms with van der Waals surface area (Å²) in [6.45, 7) is 9.23. The molecule has 0 bridgehead atoms. The Bertz CT molecular complexity index is 371. The maximum atomic E-state index is 6.50. The van der Waals surface area contributed by atoms with Crippen molar-refractivity contribution in [1.29, 1.82) is 0 Å². The minimum absolute atomic E-state index is 0.0194. The molecule has 0 N–H and O–H groups in total. The summed E-state index contributed by atoms with van der Waals surface area (Å²) in [5.74, 6) is 0.889. The van der Waals surface area contributed by atoms with Crippen LogP contribution in [0.1, 0.15) is 45.1 Å². The Balaban J connectivity index is 2.97. The van der Waals surface area contributed by atoms with Gasteiger partial charge in [0.2, 0.25) is 0 Å². The predicted octanol–water partition coefficient (Wildman–Crippen LogP) is 5.56. The summed E-state index contributed by atoms with van der Waals surface area (Å²) in [4.78, 5) is 0. The van der Waals surface area contributed by atoms with E-state index in [0.29, 0.717) is 6.61 Å². The second-order valence-electron chi connectivity index (χ2n) is 5.35. The molecule has 0 saturated heterocycles. The summed E-state index contributed by atoms with van der Waals surface area (Å²) in [5.41, 5.74) is 1.27. The minimum Gasteiger partial charge on any atom is -0.494 e. The van der Waals surface area contributed by atoms with Gasteiger partial charge in [-0.1, -0.05) is 36.7 Å². The number of halogens is 2. The average Bonchev–Trinajstić information content (AvgIpc) is 2.18. The van der Waals surface area contributed by atoms with Crippen LogP contribution in [-0.2, 0) is 0 Å². The van der Waals surface area contributed by atoms with Gasteiger partial charge in [0.25, 0.3) is 0 Å². The van der Waals surface area contributed by atoms with Crippen molar-refractivity contribution >= 4 is 27.5 Å². The molecule has 0 aliphatic heterocycles. The molecule has 0 spiro atoms. The summed E-state index contributed by atoms with van der Waals surface area (Å²) >= 11 is 9.98. The SMILES string of the molecule is CCOc1ccc(Br)cc1C(Cl)CC(C)(C)C. The molecular formula is C14H20BrClO. The third-order valence-corrected chi connectivity index (χ3v) is 3.28. The lowest BCUT2D eigenvalue weighted by Crippen LogP contribution is -2.09. The first kappa shape index (κ1) is 14.8. The van der Waals surface area contributed by atoms with Gasteiger partial charge in [-0.2, -0.15) is 0 Å². The van der Waals surface area contributed by atoms with E-state index in [-0.39, 0.29) is 10.8 Å². The zero-order chi connectivity index (χ0) is 13.1. The molecule has 0 fully saturated rings. The van der Waals surface area contributed by atoms with Crippen LogP contribution in [0.4, 0.5) is 0 Å². The molecule has 0 radical (unpaired) electrons. The van der Waals surface area contributed by atoms with Crippen LogP contribution in [0.3, 0.4) is 0 Å². The van der Waals surface area contributed by atoms with Gasteiger partial charge in [0, 0.05) is 10.0 Å². The molecule has 17 heavy (non-hydrogen) atoms. The van der Waals surface area contributed by atoms with Gasteiger partial charge < -0.3 is 4.74 Å². The van der Waals surface area contributed by atoms with Crippen molar-refractivity contribution in [2.45, 2.75) is 39.5 Å². The number of hydrogen-bond donors (Lipinski definition) is 0.